The molecule has 2 aromatic heterocycles. The summed E-state index contributed by atoms with van der Waals surface area (Å²) in [5.74, 6) is -3.14. The van der Waals surface area contributed by atoms with Crippen molar-refractivity contribution in [2.24, 2.45) is 0 Å². The number of aliphatic hydroxyl groups is 1. The van der Waals surface area contributed by atoms with Crippen LogP contribution in [0.4, 0.5) is 5.82 Å². The van der Waals surface area contributed by atoms with E-state index in [2.05, 4.69) is 15.0 Å². The largest absolute Gasteiger partial charge is 0.452 e. The molecule has 0 aliphatic carbocycles. The Morgan fingerprint density at radius 2 is 1.15 bits per heavy atom. The summed E-state index contributed by atoms with van der Waals surface area (Å²) in [5, 5.41) is 10.1. The number of ether oxygens (including phenoxy) is 3. The molecule has 4 aromatic carbocycles. The third-order valence-corrected chi connectivity index (χ3v) is 8.45. The van der Waals surface area contributed by atoms with Gasteiger partial charge in [-0.25, -0.2) is 19.5 Å². The van der Waals surface area contributed by atoms with Crippen molar-refractivity contribution in [2.45, 2.75) is 24.5 Å². The van der Waals surface area contributed by atoms with Gasteiger partial charge in [-0.3, -0.25) is 14.2 Å². The van der Waals surface area contributed by atoms with Gasteiger partial charge in [-0.1, -0.05) is 72.8 Å². The van der Waals surface area contributed by atoms with Gasteiger partial charge in [-0.15, -0.1) is 0 Å². The number of carbonyl (C=O) groups is 4. The minimum absolute atomic E-state index is 0.0146. The molecule has 4 atom stereocenters. The van der Waals surface area contributed by atoms with Crippen LogP contribution >= 0.6 is 11.6 Å². The zero-order valence-corrected chi connectivity index (χ0v) is 27.8. The summed E-state index contributed by atoms with van der Waals surface area (Å²) >= 11 is 6.48. The van der Waals surface area contributed by atoms with E-state index >= 15 is 0 Å². The average molecular weight is 718 g/mol. The van der Waals surface area contributed by atoms with Gasteiger partial charge in [0.2, 0.25) is 5.28 Å². The van der Waals surface area contributed by atoms with Crippen LogP contribution in [0.25, 0.3) is 11.2 Å². The molecule has 1 aliphatic rings. The van der Waals surface area contributed by atoms with Crippen LogP contribution in [0.2, 0.25) is 5.28 Å². The SMILES string of the molecule is O=C(O[C@@H]1[C@H](OC(=O)c2ccccc2)[C@@H](CO)O[C@H]1n1cnc2c(N(C(=O)c3ccccc3)C(=O)c3ccccc3)nc(Cl)nc21)c1ccccc1. The van der Waals surface area contributed by atoms with E-state index in [0.717, 1.165) is 4.90 Å². The molecule has 1 aliphatic heterocycles. The van der Waals surface area contributed by atoms with Gasteiger partial charge in [0, 0.05) is 11.1 Å². The quantitative estimate of drug-likeness (QED) is 0.117. The number of imide groups is 1. The number of benzene rings is 4. The van der Waals surface area contributed by atoms with Crippen molar-refractivity contribution < 1.29 is 38.5 Å². The maximum atomic E-state index is 14.0. The second kappa shape index (κ2) is 14.9. The third kappa shape index (κ3) is 6.75. The molecule has 0 saturated carbocycles. The number of fused-ring (bicyclic) bond motifs is 1. The lowest BCUT2D eigenvalue weighted by atomic mass is 10.1. The third-order valence-electron chi connectivity index (χ3n) is 8.28. The van der Waals surface area contributed by atoms with Crippen molar-refractivity contribution in [3.8, 4) is 0 Å². The van der Waals surface area contributed by atoms with Crippen LogP contribution in [0.15, 0.2) is 128 Å². The Morgan fingerprint density at radius 3 is 1.63 bits per heavy atom. The van der Waals surface area contributed by atoms with Crippen LogP contribution in [-0.2, 0) is 14.2 Å². The Bertz CT molecular complexity index is 2190. The number of esters is 2. The Kier molecular flexibility index (Phi) is 9.80. The van der Waals surface area contributed by atoms with E-state index in [-0.39, 0.29) is 44.5 Å². The first-order valence-electron chi connectivity index (χ1n) is 16.0. The van der Waals surface area contributed by atoms with E-state index < -0.39 is 54.9 Å². The molecular formula is C38H28ClN5O8. The van der Waals surface area contributed by atoms with Gasteiger partial charge in [-0.05, 0) is 60.1 Å². The number of anilines is 1. The molecule has 3 heterocycles. The number of imidazole rings is 1. The van der Waals surface area contributed by atoms with E-state index in [1.165, 1.54) is 10.9 Å². The van der Waals surface area contributed by atoms with Crippen LogP contribution in [0.5, 0.6) is 0 Å². The Hall–Kier alpha value is -6.28. The first-order chi connectivity index (χ1) is 25.3. The van der Waals surface area contributed by atoms with E-state index in [0.29, 0.717) is 0 Å². The molecule has 52 heavy (non-hydrogen) atoms. The van der Waals surface area contributed by atoms with Crippen molar-refractivity contribution >= 4 is 52.3 Å². The van der Waals surface area contributed by atoms with Gasteiger partial charge in [0.1, 0.15) is 6.10 Å². The number of aromatic nitrogens is 4. The molecule has 7 rings (SSSR count). The number of hydrogen-bond acceptors (Lipinski definition) is 11. The molecule has 1 saturated heterocycles. The van der Waals surface area contributed by atoms with Gasteiger partial charge in [0.05, 0.1) is 24.1 Å². The fourth-order valence-electron chi connectivity index (χ4n) is 5.80. The number of carbonyl (C=O) groups excluding carboxylic acids is 4. The Balaban J connectivity index is 1.33. The molecule has 0 spiro atoms. The number of halogens is 1. The van der Waals surface area contributed by atoms with E-state index in [1.807, 2.05) is 0 Å². The maximum absolute atomic E-state index is 14.0. The van der Waals surface area contributed by atoms with E-state index in [9.17, 15) is 24.3 Å². The number of hydrogen-bond donors (Lipinski definition) is 1. The lowest BCUT2D eigenvalue weighted by Crippen LogP contribution is -2.40. The lowest BCUT2D eigenvalue weighted by Gasteiger charge is -2.25. The van der Waals surface area contributed by atoms with Crippen molar-refractivity contribution in [3.63, 3.8) is 0 Å². The predicted molar refractivity (Wildman–Crippen MR) is 187 cm³/mol. The van der Waals surface area contributed by atoms with Crippen molar-refractivity contribution in [1.29, 1.82) is 0 Å². The summed E-state index contributed by atoms with van der Waals surface area (Å²) in [6.07, 6.45) is -3.86. The van der Waals surface area contributed by atoms with Crippen LogP contribution in [-0.4, -0.2) is 73.3 Å². The van der Waals surface area contributed by atoms with Crippen molar-refractivity contribution in [2.75, 3.05) is 11.5 Å². The number of nitrogens with zero attached hydrogens (tertiary/aromatic N) is 5. The van der Waals surface area contributed by atoms with E-state index in [1.54, 1.807) is 121 Å². The molecule has 6 aromatic rings. The number of aliphatic hydroxyl groups excluding tert-OH is 1. The molecule has 13 nitrogen and oxygen atoms in total. The second-order valence-electron chi connectivity index (χ2n) is 11.5. The molecule has 1 fully saturated rings. The van der Waals surface area contributed by atoms with Gasteiger partial charge < -0.3 is 19.3 Å². The summed E-state index contributed by atoms with van der Waals surface area (Å²) in [5.41, 5.74) is 0.767. The summed E-state index contributed by atoms with van der Waals surface area (Å²) in [6.45, 7) is -0.624. The zero-order valence-electron chi connectivity index (χ0n) is 27.1. The highest BCUT2D eigenvalue weighted by Gasteiger charge is 2.51. The smallest absolute Gasteiger partial charge is 0.338 e. The summed E-state index contributed by atoms with van der Waals surface area (Å²) < 4.78 is 19.4. The molecule has 1 N–H and O–H groups in total. The monoisotopic (exact) mass is 717 g/mol. The molecular weight excluding hydrogens is 690 g/mol. The standard InChI is InChI=1S/C38H28ClN5O8/c39-38-41-31-28(32(42-38)44(33(46)23-13-5-1-6-14-23)34(47)24-15-7-2-8-16-24)40-22-43(31)35-30(52-37(49)26-19-11-4-12-20-26)29(27(21-45)50-35)51-36(48)25-17-9-3-10-18-25/h1-20,22,27,29-30,35,45H,21H2/t27-,29-,30-,35-/m1/s1. The Labute approximate surface area is 301 Å². The average Bonchev–Trinajstić information content (AvgIpc) is 3.76. The lowest BCUT2D eigenvalue weighted by molar-refractivity contribution is -0.0566. The van der Waals surface area contributed by atoms with Crippen LogP contribution in [0.3, 0.4) is 0 Å². The first kappa shape index (κ1) is 34.2. The van der Waals surface area contributed by atoms with Crippen LogP contribution in [0, 0.1) is 0 Å². The second-order valence-corrected chi connectivity index (χ2v) is 11.9. The molecule has 0 radical (unpaired) electrons. The first-order valence-corrected chi connectivity index (χ1v) is 16.4. The molecule has 0 unspecified atom stereocenters. The number of amides is 2. The van der Waals surface area contributed by atoms with Gasteiger partial charge in [0.15, 0.2) is 35.4 Å². The predicted octanol–water partition coefficient (Wildman–Crippen LogP) is 5.31. The molecule has 0 bridgehead atoms. The van der Waals surface area contributed by atoms with Crippen LogP contribution in [0.1, 0.15) is 47.7 Å². The maximum Gasteiger partial charge on any atom is 0.338 e. The minimum Gasteiger partial charge on any atom is -0.452 e. The normalized spacial score (nSPS) is 18.1. The topological polar surface area (TPSA) is 163 Å². The van der Waals surface area contributed by atoms with Crippen molar-refractivity contribution in [3.05, 3.63) is 155 Å². The number of rotatable bonds is 9. The fourth-order valence-corrected chi connectivity index (χ4v) is 5.96. The van der Waals surface area contributed by atoms with Crippen LogP contribution < -0.4 is 4.90 Å². The summed E-state index contributed by atoms with van der Waals surface area (Å²) in [7, 11) is 0. The molecule has 14 heteroatoms. The zero-order chi connectivity index (χ0) is 36.2. The van der Waals surface area contributed by atoms with E-state index in [4.69, 9.17) is 25.8 Å². The highest BCUT2D eigenvalue weighted by atomic mass is 35.5. The van der Waals surface area contributed by atoms with Crippen molar-refractivity contribution in [1.82, 2.24) is 19.5 Å². The summed E-state index contributed by atoms with van der Waals surface area (Å²) in [6, 6.07) is 32.6. The fraction of sp³-hybridized carbons (Fsp3) is 0.132. The van der Waals surface area contributed by atoms with Gasteiger partial charge in [0.25, 0.3) is 11.8 Å². The Morgan fingerprint density at radius 1 is 0.692 bits per heavy atom. The summed E-state index contributed by atoms with van der Waals surface area (Å²) in [4.78, 5) is 68.8. The van der Waals surface area contributed by atoms with Gasteiger partial charge >= 0.3 is 11.9 Å². The van der Waals surface area contributed by atoms with Gasteiger partial charge in [-0.2, -0.15) is 9.97 Å². The highest BCUT2D eigenvalue weighted by molar-refractivity contribution is 6.30. The highest BCUT2D eigenvalue weighted by Crippen LogP contribution is 2.38. The molecule has 2 amide bonds. The minimum atomic E-state index is -1.36. The molecule has 260 valence electrons.